The van der Waals surface area contributed by atoms with Crippen LogP contribution in [0.15, 0.2) is 72.9 Å². The molecule has 1 aromatic heterocycles. The number of carbonyl (C=O) groups is 2. The predicted octanol–water partition coefficient (Wildman–Crippen LogP) is 5.42. The molecule has 3 aromatic carbocycles. The van der Waals surface area contributed by atoms with Gasteiger partial charge in [0.1, 0.15) is 12.3 Å². The van der Waals surface area contributed by atoms with Crippen molar-refractivity contribution in [3.05, 3.63) is 83.5 Å². The summed E-state index contributed by atoms with van der Waals surface area (Å²) in [5, 5.41) is 3.50. The van der Waals surface area contributed by atoms with Crippen molar-refractivity contribution in [3.63, 3.8) is 0 Å². The molecule has 0 unspecified atom stereocenters. The highest BCUT2D eigenvalue weighted by Crippen LogP contribution is 2.33. The van der Waals surface area contributed by atoms with Gasteiger partial charge in [0.05, 0.1) is 18.5 Å². The number of hydrogen-bond donors (Lipinski definition) is 1. The van der Waals surface area contributed by atoms with E-state index in [9.17, 15) is 9.59 Å². The second kappa shape index (κ2) is 11.1. The molecule has 0 aliphatic carbocycles. The third-order valence-electron chi connectivity index (χ3n) is 6.25. The van der Waals surface area contributed by atoms with E-state index in [1.807, 2.05) is 56.4 Å². The molecule has 5 rings (SSSR count). The number of benzene rings is 3. The lowest BCUT2D eigenvalue weighted by Gasteiger charge is -2.26. The van der Waals surface area contributed by atoms with Crippen molar-refractivity contribution in [3.8, 4) is 34.2 Å². The molecule has 2 heterocycles. The van der Waals surface area contributed by atoms with Crippen molar-refractivity contribution >= 4 is 29.4 Å². The van der Waals surface area contributed by atoms with Crippen LogP contribution < -0.4 is 19.5 Å². The highest BCUT2D eigenvalue weighted by molar-refractivity contribution is 6.30. The van der Waals surface area contributed by atoms with Gasteiger partial charge >= 0.3 is 0 Å². The van der Waals surface area contributed by atoms with Crippen LogP contribution in [0.4, 0.5) is 5.95 Å². The van der Waals surface area contributed by atoms with Crippen molar-refractivity contribution in [2.24, 2.45) is 0 Å². The minimum atomic E-state index is -0.393. The number of anilines is 1. The summed E-state index contributed by atoms with van der Waals surface area (Å²) in [7, 11) is 1.59. The Kier molecular flexibility index (Phi) is 7.42. The van der Waals surface area contributed by atoms with Crippen LogP contribution in [0.5, 0.6) is 17.2 Å². The van der Waals surface area contributed by atoms with Crippen LogP contribution in [-0.4, -0.2) is 52.8 Å². The average molecular weight is 547 g/mol. The molecule has 0 atom stereocenters. The van der Waals surface area contributed by atoms with Gasteiger partial charge in [-0.25, -0.2) is 4.98 Å². The van der Waals surface area contributed by atoms with Crippen molar-refractivity contribution in [2.45, 2.75) is 19.9 Å². The Bertz CT molecular complexity index is 1520. The van der Waals surface area contributed by atoms with Crippen LogP contribution in [-0.2, 0) is 4.79 Å². The number of fused-ring (bicyclic) bond motifs is 1. The first-order valence-corrected chi connectivity index (χ1v) is 12.7. The third kappa shape index (κ3) is 5.68. The number of halogens is 1. The van der Waals surface area contributed by atoms with Gasteiger partial charge in [0, 0.05) is 34.5 Å². The van der Waals surface area contributed by atoms with Crippen LogP contribution in [0.25, 0.3) is 16.9 Å². The van der Waals surface area contributed by atoms with Crippen LogP contribution in [0, 0.1) is 0 Å². The lowest BCUT2D eigenvalue weighted by Crippen LogP contribution is -2.42. The molecular weight excluding hydrogens is 520 g/mol. The summed E-state index contributed by atoms with van der Waals surface area (Å²) in [6.07, 6.45) is 1.83. The van der Waals surface area contributed by atoms with E-state index in [0.717, 1.165) is 11.3 Å². The Morgan fingerprint density at radius 1 is 1.08 bits per heavy atom. The van der Waals surface area contributed by atoms with Gasteiger partial charge in [0.15, 0.2) is 11.5 Å². The molecule has 1 N–H and O–H groups in total. The number of hydrogen-bond acceptors (Lipinski definition) is 6. The number of rotatable bonds is 8. The zero-order valence-corrected chi connectivity index (χ0v) is 22.4. The molecule has 0 radical (unpaired) electrons. The fraction of sp³-hybridized carbons (Fsp3) is 0.207. The molecular formula is C29H27ClN4O5. The number of nitrogens with one attached hydrogen (secondary N) is 1. The van der Waals surface area contributed by atoms with E-state index in [1.165, 1.54) is 4.90 Å². The number of carbonyl (C=O) groups excluding carboxylic acids is 2. The van der Waals surface area contributed by atoms with E-state index >= 15 is 0 Å². The molecule has 39 heavy (non-hydrogen) atoms. The van der Waals surface area contributed by atoms with E-state index in [4.69, 9.17) is 25.8 Å². The van der Waals surface area contributed by atoms with Crippen LogP contribution >= 0.6 is 11.6 Å². The monoisotopic (exact) mass is 546 g/mol. The first-order chi connectivity index (χ1) is 18.8. The number of nitrogens with zero attached hydrogens (tertiary/aromatic N) is 3. The molecule has 2 amide bonds. The van der Waals surface area contributed by atoms with Gasteiger partial charge < -0.3 is 19.1 Å². The van der Waals surface area contributed by atoms with Crippen molar-refractivity contribution < 1.29 is 23.8 Å². The molecule has 0 saturated heterocycles. The molecule has 0 spiro atoms. The van der Waals surface area contributed by atoms with Crippen molar-refractivity contribution in [1.82, 2.24) is 14.5 Å². The second-order valence-electron chi connectivity index (χ2n) is 9.17. The summed E-state index contributed by atoms with van der Waals surface area (Å²) < 4.78 is 17.9. The normalized spacial score (nSPS) is 11.9. The summed E-state index contributed by atoms with van der Waals surface area (Å²) in [4.78, 5) is 32.8. The van der Waals surface area contributed by atoms with Gasteiger partial charge in [-0.1, -0.05) is 29.8 Å². The molecule has 1 aliphatic rings. The maximum absolute atomic E-state index is 13.4. The molecule has 200 valence electrons. The van der Waals surface area contributed by atoms with Gasteiger partial charge in [0.25, 0.3) is 5.91 Å². The Hall–Kier alpha value is -4.50. The third-order valence-corrected chi connectivity index (χ3v) is 6.50. The Labute approximate surface area is 230 Å². The summed E-state index contributed by atoms with van der Waals surface area (Å²) in [6, 6.07) is 19.4. The van der Waals surface area contributed by atoms with Gasteiger partial charge in [-0.3, -0.25) is 19.5 Å². The van der Waals surface area contributed by atoms with Crippen LogP contribution in [0.1, 0.15) is 24.2 Å². The van der Waals surface area contributed by atoms with E-state index < -0.39 is 5.91 Å². The molecule has 10 heteroatoms. The SMILES string of the molecule is COc1cccc(-n2cc(-c3ccc(Cl)cc3)nc2NC(=O)CN(C(=O)c2ccc3c(c2)OCO3)C(C)C)c1. The topological polar surface area (TPSA) is 94.9 Å². The summed E-state index contributed by atoms with van der Waals surface area (Å²) in [5.74, 6) is 1.36. The quantitative estimate of drug-likeness (QED) is 0.317. The minimum Gasteiger partial charge on any atom is -0.497 e. The molecule has 0 saturated carbocycles. The van der Waals surface area contributed by atoms with E-state index in [0.29, 0.717) is 39.5 Å². The van der Waals surface area contributed by atoms with Gasteiger partial charge in [-0.15, -0.1) is 0 Å². The Morgan fingerprint density at radius 2 is 1.85 bits per heavy atom. The molecule has 1 aliphatic heterocycles. The summed E-state index contributed by atoms with van der Waals surface area (Å²) in [6.45, 7) is 3.65. The number of amides is 2. The lowest BCUT2D eigenvalue weighted by atomic mass is 10.1. The molecule has 0 bridgehead atoms. The van der Waals surface area contributed by atoms with Crippen LogP contribution in [0.2, 0.25) is 5.02 Å². The maximum atomic E-state index is 13.4. The highest BCUT2D eigenvalue weighted by atomic mass is 35.5. The Balaban J connectivity index is 1.42. The first-order valence-electron chi connectivity index (χ1n) is 12.3. The molecule has 0 fully saturated rings. The predicted molar refractivity (Wildman–Crippen MR) is 148 cm³/mol. The van der Waals surface area contributed by atoms with E-state index in [-0.39, 0.29) is 25.3 Å². The standard InChI is InChI=1S/C29H27ClN4O5/c1-18(2)33(28(36)20-9-12-25-26(13-20)39-17-38-25)16-27(35)32-29-31-24(19-7-10-21(30)11-8-19)15-34(29)22-5-4-6-23(14-22)37-3/h4-15,18H,16-17H2,1-3H3,(H,31,32,35). The zero-order valence-electron chi connectivity index (χ0n) is 21.7. The number of ether oxygens (including phenoxy) is 3. The average Bonchev–Trinajstić information content (AvgIpc) is 3.58. The first kappa shape index (κ1) is 26.1. The number of imidazole rings is 1. The summed E-state index contributed by atoms with van der Waals surface area (Å²) in [5.41, 5.74) is 2.62. The number of aromatic nitrogens is 2. The summed E-state index contributed by atoms with van der Waals surface area (Å²) >= 11 is 6.06. The zero-order chi connectivity index (χ0) is 27.5. The Morgan fingerprint density at radius 3 is 2.59 bits per heavy atom. The maximum Gasteiger partial charge on any atom is 0.254 e. The minimum absolute atomic E-state index is 0.112. The highest BCUT2D eigenvalue weighted by Gasteiger charge is 2.25. The second-order valence-corrected chi connectivity index (χ2v) is 9.61. The molecule has 9 nitrogen and oxygen atoms in total. The van der Waals surface area contributed by atoms with Crippen LogP contribution in [0.3, 0.4) is 0 Å². The van der Waals surface area contributed by atoms with Crippen molar-refractivity contribution in [1.29, 1.82) is 0 Å². The lowest BCUT2D eigenvalue weighted by molar-refractivity contribution is -0.117. The fourth-order valence-electron chi connectivity index (χ4n) is 4.19. The van der Waals surface area contributed by atoms with Gasteiger partial charge in [0.2, 0.25) is 18.6 Å². The van der Waals surface area contributed by atoms with E-state index in [2.05, 4.69) is 10.3 Å². The largest absolute Gasteiger partial charge is 0.497 e. The molecule has 4 aromatic rings. The van der Waals surface area contributed by atoms with E-state index in [1.54, 1.807) is 42.0 Å². The van der Waals surface area contributed by atoms with Gasteiger partial charge in [-0.05, 0) is 56.3 Å². The van der Waals surface area contributed by atoms with Crippen molar-refractivity contribution in [2.75, 3.05) is 25.8 Å². The fourth-order valence-corrected chi connectivity index (χ4v) is 4.31. The smallest absolute Gasteiger partial charge is 0.254 e. The number of methoxy groups -OCH3 is 1. The van der Waals surface area contributed by atoms with Gasteiger partial charge in [-0.2, -0.15) is 0 Å².